The van der Waals surface area contributed by atoms with Crippen LogP contribution in [0.4, 0.5) is 0 Å². The molecule has 19 heavy (non-hydrogen) atoms. The minimum Gasteiger partial charge on any atom is -0.383 e. The Morgan fingerprint density at radius 2 is 2.05 bits per heavy atom. The van der Waals surface area contributed by atoms with Crippen LogP contribution in [0.1, 0.15) is 53.9 Å². The lowest BCUT2D eigenvalue weighted by atomic mass is 9.86. The predicted molar refractivity (Wildman–Crippen MR) is 82.6 cm³/mol. The Labute approximate surface area is 120 Å². The average Bonchev–Trinajstić information content (AvgIpc) is 2.67. The first-order chi connectivity index (χ1) is 8.97. The zero-order valence-electron chi connectivity index (χ0n) is 13.8. The lowest BCUT2D eigenvalue weighted by Crippen LogP contribution is -2.54. The maximum absolute atomic E-state index is 5.31. The van der Waals surface area contributed by atoms with Crippen molar-refractivity contribution in [3.05, 3.63) is 0 Å². The van der Waals surface area contributed by atoms with E-state index >= 15 is 0 Å². The van der Waals surface area contributed by atoms with Crippen molar-refractivity contribution >= 4 is 0 Å². The highest BCUT2D eigenvalue weighted by atomic mass is 16.5. The second-order valence-electron chi connectivity index (χ2n) is 6.62. The summed E-state index contributed by atoms with van der Waals surface area (Å²) in [6.45, 7) is 14.6. The fourth-order valence-corrected chi connectivity index (χ4v) is 3.50. The highest BCUT2D eigenvalue weighted by molar-refractivity contribution is 5.01. The third-order valence-electron chi connectivity index (χ3n) is 4.87. The number of ether oxygens (including phenoxy) is 1. The average molecular weight is 270 g/mol. The molecule has 0 bridgehead atoms. The standard InChI is InChI=1S/C16H34N2O/c1-7-13(3)18(11-12-19-6)14-9-10-16(4,5)15(14)17-8-2/h13-15,17H,7-12H2,1-6H3. The van der Waals surface area contributed by atoms with E-state index in [0.717, 1.165) is 19.7 Å². The van der Waals surface area contributed by atoms with Crippen LogP contribution in [0.3, 0.4) is 0 Å². The van der Waals surface area contributed by atoms with Gasteiger partial charge in [0.2, 0.25) is 0 Å². The molecular weight excluding hydrogens is 236 g/mol. The molecule has 3 atom stereocenters. The van der Waals surface area contributed by atoms with Gasteiger partial charge in [-0.3, -0.25) is 4.90 Å². The predicted octanol–water partition coefficient (Wildman–Crippen LogP) is 2.90. The number of hydrogen-bond donors (Lipinski definition) is 1. The Bertz CT molecular complexity index is 255. The summed E-state index contributed by atoms with van der Waals surface area (Å²) in [6.07, 6.45) is 3.83. The van der Waals surface area contributed by atoms with Gasteiger partial charge in [-0.25, -0.2) is 0 Å². The molecule has 1 aliphatic rings. The molecule has 114 valence electrons. The van der Waals surface area contributed by atoms with E-state index in [0.29, 0.717) is 23.5 Å². The summed E-state index contributed by atoms with van der Waals surface area (Å²) in [5.41, 5.74) is 0.402. The van der Waals surface area contributed by atoms with Crippen LogP contribution < -0.4 is 5.32 Å². The van der Waals surface area contributed by atoms with E-state index in [9.17, 15) is 0 Å². The Kier molecular flexibility index (Phi) is 6.78. The maximum atomic E-state index is 5.31. The quantitative estimate of drug-likeness (QED) is 0.734. The molecule has 1 aliphatic carbocycles. The van der Waals surface area contributed by atoms with E-state index in [1.807, 2.05) is 0 Å². The van der Waals surface area contributed by atoms with Gasteiger partial charge in [0.1, 0.15) is 0 Å². The zero-order valence-corrected chi connectivity index (χ0v) is 13.8. The first kappa shape index (κ1) is 16.9. The molecule has 0 heterocycles. The molecule has 0 amide bonds. The molecule has 3 heteroatoms. The molecule has 0 radical (unpaired) electrons. The summed E-state index contributed by atoms with van der Waals surface area (Å²) in [5.74, 6) is 0. The SMILES string of the molecule is CCNC1C(N(CCOC)C(C)CC)CCC1(C)C. The van der Waals surface area contributed by atoms with E-state index in [4.69, 9.17) is 4.74 Å². The van der Waals surface area contributed by atoms with E-state index in [1.54, 1.807) is 7.11 Å². The second-order valence-corrected chi connectivity index (χ2v) is 6.62. The van der Waals surface area contributed by atoms with E-state index in [1.165, 1.54) is 19.3 Å². The first-order valence-electron chi connectivity index (χ1n) is 7.96. The lowest BCUT2D eigenvalue weighted by molar-refractivity contribution is 0.0690. The van der Waals surface area contributed by atoms with Gasteiger partial charge in [-0.2, -0.15) is 0 Å². The van der Waals surface area contributed by atoms with Gasteiger partial charge in [0.15, 0.2) is 0 Å². The van der Waals surface area contributed by atoms with Crippen molar-refractivity contribution < 1.29 is 4.74 Å². The maximum Gasteiger partial charge on any atom is 0.0589 e. The molecule has 0 aromatic heterocycles. The molecule has 1 rings (SSSR count). The number of rotatable bonds is 8. The minimum absolute atomic E-state index is 0.402. The molecule has 0 aromatic carbocycles. The van der Waals surface area contributed by atoms with Crippen molar-refractivity contribution in [2.45, 2.75) is 72.0 Å². The van der Waals surface area contributed by atoms with Gasteiger partial charge in [0.25, 0.3) is 0 Å². The van der Waals surface area contributed by atoms with Crippen LogP contribution in [0, 0.1) is 5.41 Å². The number of nitrogens with zero attached hydrogens (tertiary/aromatic N) is 1. The minimum atomic E-state index is 0.402. The summed E-state index contributed by atoms with van der Waals surface area (Å²) >= 11 is 0. The molecule has 0 spiro atoms. The van der Waals surface area contributed by atoms with Gasteiger partial charge >= 0.3 is 0 Å². The number of hydrogen-bond acceptors (Lipinski definition) is 3. The molecule has 1 fully saturated rings. The Morgan fingerprint density at radius 1 is 1.37 bits per heavy atom. The van der Waals surface area contributed by atoms with Gasteiger partial charge in [0.05, 0.1) is 6.61 Å². The highest BCUT2D eigenvalue weighted by Crippen LogP contribution is 2.40. The van der Waals surface area contributed by atoms with Crippen molar-refractivity contribution in [1.82, 2.24) is 10.2 Å². The van der Waals surface area contributed by atoms with Gasteiger partial charge in [-0.15, -0.1) is 0 Å². The van der Waals surface area contributed by atoms with Gasteiger partial charge < -0.3 is 10.1 Å². The number of methoxy groups -OCH3 is 1. The largest absolute Gasteiger partial charge is 0.383 e. The van der Waals surface area contributed by atoms with Crippen LogP contribution in [0.25, 0.3) is 0 Å². The van der Waals surface area contributed by atoms with Gasteiger partial charge in [-0.1, -0.05) is 27.7 Å². The van der Waals surface area contributed by atoms with Crippen molar-refractivity contribution in [3.8, 4) is 0 Å². The summed E-state index contributed by atoms with van der Waals surface area (Å²) in [5, 5.41) is 3.74. The van der Waals surface area contributed by atoms with E-state index in [-0.39, 0.29) is 0 Å². The third-order valence-corrected chi connectivity index (χ3v) is 4.87. The summed E-state index contributed by atoms with van der Waals surface area (Å²) in [7, 11) is 1.80. The molecule has 0 aliphatic heterocycles. The fourth-order valence-electron chi connectivity index (χ4n) is 3.50. The highest BCUT2D eigenvalue weighted by Gasteiger charge is 2.44. The van der Waals surface area contributed by atoms with Crippen LogP contribution in [0.2, 0.25) is 0 Å². The smallest absolute Gasteiger partial charge is 0.0589 e. The van der Waals surface area contributed by atoms with Crippen LogP contribution in [0.15, 0.2) is 0 Å². The first-order valence-corrected chi connectivity index (χ1v) is 7.96. The van der Waals surface area contributed by atoms with Crippen molar-refractivity contribution in [2.24, 2.45) is 5.41 Å². The molecule has 3 nitrogen and oxygen atoms in total. The Hall–Kier alpha value is -0.120. The van der Waals surface area contributed by atoms with Crippen molar-refractivity contribution in [2.75, 3.05) is 26.8 Å². The molecule has 1 N–H and O–H groups in total. The molecule has 0 saturated heterocycles. The van der Waals surface area contributed by atoms with E-state index in [2.05, 4.69) is 44.8 Å². The lowest BCUT2D eigenvalue weighted by Gasteiger charge is -2.40. The van der Waals surface area contributed by atoms with Crippen LogP contribution in [0.5, 0.6) is 0 Å². The molecular formula is C16H34N2O. The summed E-state index contributed by atoms with van der Waals surface area (Å²) < 4.78 is 5.31. The van der Waals surface area contributed by atoms with Crippen LogP contribution >= 0.6 is 0 Å². The van der Waals surface area contributed by atoms with Crippen LogP contribution in [-0.4, -0.2) is 49.8 Å². The number of nitrogens with one attached hydrogen (secondary N) is 1. The van der Waals surface area contributed by atoms with Crippen molar-refractivity contribution in [3.63, 3.8) is 0 Å². The topological polar surface area (TPSA) is 24.5 Å². The van der Waals surface area contributed by atoms with Gasteiger partial charge in [0, 0.05) is 31.8 Å². The molecule has 3 unspecified atom stereocenters. The number of likely N-dealkylation sites (N-methyl/N-ethyl adjacent to an activating group) is 1. The monoisotopic (exact) mass is 270 g/mol. The zero-order chi connectivity index (χ0) is 14.5. The summed E-state index contributed by atoms with van der Waals surface area (Å²) in [6, 6.07) is 1.89. The Morgan fingerprint density at radius 3 is 2.58 bits per heavy atom. The molecule has 0 aromatic rings. The normalized spacial score (nSPS) is 27.9. The second kappa shape index (κ2) is 7.61. The van der Waals surface area contributed by atoms with Gasteiger partial charge in [-0.05, 0) is 38.1 Å². The van der Waals surface area contributed by atoms with Crippen molar-refractivity contribution in [1.29, 1.82) is 0 Å². The van der Waals surface area contributed by atoms with Crippen LogP contribution in [-0.2, 0) is 4.74 Å². The molecule has 1 saturated carbocycles. The fraction of sp³-hybridized carbons (Fsp3) is 1.00. The third kappa shape index (κ3) is 4.17. The van der Waals surface area contributed by atoms with E-state index < -0.39 is 0 Å². The summed E-state index contributed by atoms with van der Waals surface area (Å²) in [4.78, 5) is 2.67. The Balaban J connectivity index is 2.81.